The zero-order valence-corrected chi connectivity index (χ0v) is 14.8. The van der Waals surface area contributed by atoms with Crippen LogP contribution in [0.25, 0.3) is 0 Å². The quantitative estimate of drug-likeness (QED) is 0.473. The Labute approximate surface area is 138 Å². The topological polar surface area (TPSA) is 45.7 Å². The minimum Gasteiger partial charge on any atom is -0.496 e. The lowest BCUT2D eigenvalue weighted by Gasteiger charge is -2.20. The lowest BCUT2D eigenvalue weighted by atomic mass is 10.1. The number of rotatable bonds is 4. The first-order valence-electron chi connectivity index (χ1n) is 6.78. The van der Waals surface area contributed by atoms with Gasteiger partial charge in [-0.15, -0.1) is 24.0 Å². The Morgan fingerprint density at radius 3 is 2.60 bits per heavy atom. The predicted octanol–water partition coefficient (Wildman–Crippen LogP) is 2.95. The Kier molecular flexibility index (Phi) is 6.58. The highest BCUT2D eigenvalue weighted by Gasteiger charge is 2.33. The van der Waals surface area contributed by atoms with Crippen LogP contribution in [-0.4, -0.2) is 26.2 Å². The zero-order valence-electron chi connectivity index (χ0n) is 12.5. The summed E-state index contributed by atoms with van der Waals surface area (Å²) in [4.78, 5) is 4.28. The van der Waals surface area contributed by atoms with Crippen molar-refractivity contribution in [2.45, 2.75) is 32.4 Å². The summed E-state index contributed by atoms with van der Waals surface area (Å²) in [6, 6.07) is 8.77. The number of halogens is 1. The molecule has 1 fully saturated rings. The molecule has 0 spiro atoms. The minimum atomic E-state index is 0. The molecule has 0 amide bonds. The third-order valence-corrected chi connectivity index (χ3v) is 3.61. The number of benzene rings is 1. The van der Waals surface area contributed by atoms with Crippen molar-refractivity contribution in [1.29, 1.82) is 0 Å². The Balaban J connectivity index is 0.00000200. The van der Waals surface area contributed by atoms with E-state index in [2.05, 4.69) is 35.5 Å². The van der Waals surface area contributed by atoms with E-state index in [-0.39, 0.29) is 30.0 Å². The number of guanidine groups is 1. The van der Waals surface area contributed by atoms with Crippen molar-refractivity contribution < 1.29 is 4.74 Å². The first-order chi connectivity index (χ1) is 9.15. The average molecular weight is 389 g/mol. The van der Waals surface area contributed by atoms with E-state index in [1.807, 2.05) is 18.2 Å². The molecule has 4 nitrogen and oxygen atoms in total. The van der Waals surface area contributed by atoms with E-state index in [1.165, 1.54) is 6.42 Å². The van der Waals surface area contributed by atoms with Crippen molar-refractivity contribution in [2.75, 3.05) is 14.2 Å². The van der Waals surface area contributed by atoms with E-state index in [0.29, 0.717) is 6.04 Å². The summed E-state index contributed by atoms with van der Waals surface area (Å²) in [7, 11) is 3.50. The maximum atomic E-state index is 5.39. The van der Waals surface area contributed by atoms with E-state index in [0.717, 1.165) is 23.2 Å². The molecular weight excluding hydrogens is 365 g/mol. The first kappa shape index (κ1) is 17.1. The van der Waals surface area contributed by atoms with Gasteiger partial charge in [-0.05, 0) is 25.3 Å². The van der Waals surface area contributed by atoms with Crippen molar-refractivity contribution >= 4 is 29.9 Å². The van der Waals surface area contributed by atoms with Gasteiger partial charge in [0.1, 0.15) is 5.75 Å². The number of aliphatic imine (C=N–C) groups is 1. The third kappa shape index (κ3) is 4.26. The number of hydrogen-bond donors (Lipinski definition) is 2. The summed E-state index contributed by atoms with van der Waals surface area (Å²) in [5, 5.41) is 6.84. The van der Waals surface area contributed by atoms with Gasteiger partial charge in [0.05, 0.1) is 13.2 Å². The van der Waals surface area contributed by atoms with Crippen molar-refractivity contribution in [1.82, 2.24) is 10.6 Å². The van der Waals surface area contributed by atoms with Gasteiger partial charge >= 0.3 is 0 Å². The fraction of sp³-hybridized carbons (Fsp3) is 0.533. The lowest BCUT2D eigenvalue weighted by Crippen LogP contribution is -2.40. The molecule has 2 N–H and O–H groups in total. The number of ether oxygens (including phenoxy) is 1. The monoisotopic (exact) mass is 389 g/mol. The van der Waals surface area contributed by atoms with E-state index in [4.69, 9.17) is 4.74 Å². The van der Waals surface area contributed by atoms with Crippen LogP contribution in [0.2, 0.25) is 0 Å². The van der Waals surface area contributed by atoms with Crippen molar-refractivity contribution in [2.24, 2.45) is 10.9 Å². The van der Waals surface area contributed by atoms with E-state index in [9.17, 15) is 0 Å². The Bertz CT molecular complexity index is 464. The second-order valence-electron chi connectivity index (χ2n) is 5.14. The molecule has 1 aromatic rings. The predicted molar refractivity (Wildman–Crippen MR) is 94.0 cm³/mol. The van der Waals surface area contributed by atoms with Crippen molar-refractivity contribution in [3.63, 3.8) is 0 Å². The van der Waals surface area contributed by atoms with Gasteiger partial charge in [-0.2, -0.15) is 0 Å². The third-order valence-electron chi connectivity index (χ3n) is 3.61. The number of methoxy groups -OCH3 is 1. The van der Waals surface area contributed by atoms with Crippen LogP contribution in [0.15, 0.2) is 29.3 Å². The summed E-state index contributed by atoms with van der Waals surface area (Å²) >= 11 is 0. The summed E-state index contributed by atoms with van der Waals surface area (Å²) in [5.74, 6) is 2.51. The Morgan fingerprint density at radius 1 is 1.40 bits per heavy atom. The van der Waals surface area contributed by atoms with Crippen molar-refractivity contribution in [3.8, 4) is 5.75 Å². The molecule has 0 aliphatic heterocycles. The smallest absolute Gasteiger partial charge is 0.191 e. The average Bonchev–Trinajstić information content (AvgIpc) is 3.13. The van der Waals surface area contributed by atoms with Gasteiger partial charge in [-0.3, -0.25) is 4.99 Å². The van der Waals surface area contributed by atoms with E-state index < -0.39 is 0 Å². The lowest BCUT2D eigenvalue weighted by molar-refractivity contribution is 0.405. The highest BCUT2D eigenvalue weighted by atomic mass is 127. The molecule has 1 aliphatic rings. The Hall–Kier alpha value is -0.980. The second-order valence-corrected chi connectivity index (χ2v) is 5.14. The minimum absolute atomic E-state index is 0. The number of nitrogens with one attached hydrogen (secondary N) is 2. The zero-order chi connectivity index (χ0) is 13.8. The van der Waals surface area contributed by atoms with Crippen LogP contribution in [0.5, 0.6) is 5.75 Å². The highest BCUT2D eigenvalue weighted by Crippen LogP contribution is 2.29. The van der Waals surface area contributed by atoms with E-state index in [1.54, 1.807) is 14.2 Å². The molecule has 2 rings (SSSR count). The molecule has 112 valence electrons. The summed E-state index contributed by atoms with van der Waals surface area (Å²) in [5.41, 5.74) is 1.14. The van der Waals surface area contributed by atoms with Crippen LogP contribution in [0.4, 0.5) is 0 Å². The fourth-order valence-corrected chi connectivity index (χ4v) is 2.18. The molecule has 0 aromatic heterocycles. The number of hydrogen-bond acceptors (Lipinski definition) is 2. The number of para-hydroxylation sites is 1. The van der Waals surface area contributed by atoms with Crippen LogP contribution < -0.4 is 15.4 Å². The van der Waals surface area contributed by atoms with Crippen LogP contribution in [0, 0.1) is 5.92 Å². The fourth-order valence-electron chi connectivity index (χ4n) is 2.18. The molecule has 3 unspecified atom stereocenters. The molecule has 3 atom stereocenters. The molecule has 1 saturated carbocycles. The van der Waals surface area contributed by atoms with Crippen LogP contribution in [-0.2, 0) is 0 Å². The molecule has 1 aromatic carbocycles. The maximum Gasteiger partial charge on any atom is 0.191 e. The normalized spacial score (nSPS) is 22.5. The SMILES string of the molecule is CN=C(NC(C)c1ccccc1OC)NC1CC1C.I. The van der Waals surface area contributed by atoms with Crippen LogP contribution >= 0.6 is 24.0 Å². The van der Waals surface area contributed by atoms with Crippen LogP contribution in [0.3, 0.4) is 0 Å². The molecule has 5 heteroatoms. The summed E-state index contributed by atoms with van der Waals surface area (Å²) < 4.78 is 5.39. The summed E-state index contributed by atoms with van der Waals surface area (Å²) in [6.07, 6.45) is 1.23. The van der Waals surface area contributed by atoms with Gasteiger partial charge in [0, 0.05) is 18.7 Å². The molecule has 0 radical (unpaired) electrons. The standard InChI is InChI=1S/C15H23N3O.HI/c1-10-9-13(10)18-15(16-3)17-11(2)12-7-5-6-8-14(12)19-4;/h5-8,10-11,13H,9H2,1-4H3,(H2,16,17,18);1H. The van der Waals surface area contributed by atoms with Gasteiger partial charge in [0.25, 0.3) is 0 Å². The summed E-state index contributed by atoms with van der Waals surface area (Å²) in [6.45, 7) is 4.36. The molecule has 1 aliphatic carbocycles. The van der Waals surface area contributed by atoms with E-state index >= 15 is 0 Å². The molecule has 0 bridgehead atoms. The largest absolute Gasteiger partial charge is 0.496 e. The number of nitrogens with zero attached hydrogens (tertiary/aromatic N) is 1. The van der Waals surface area contributed by atoms with Gasteiger partial charge in [0.2, 0.25) is 0 Å². The highest BCUT2D eigenvalue weighted by molar-refractivity contribution is 14.0. The molecule has 20 heavy (non-hydrogen) atoms. The van der Waals surface area contributed by atoms with Gasteiger partial charge in [-0.25, -0.2) is 0 Å². The second kappa shape index (κ2) is 7.71. The Morgan fingerprint density at radius 2 is 2.05 bits per heavy atom. The molecule has 0 heterocycles. The van der Waals surface area contributed by atoms with Gasteiger partial charge in [0.15, 0.2) is 5.96 Å². The molecular formula is C15H24IN3O. The van der Waals surface area contributed by atoms with Gasteiger partial charge in [-0.1, -0.05) is 25.1 Å². The van der Waals surface area contributed by atoms with Crippen LogP contribution in [0.1, 0.15) is 31.9 Å². The maximum absolute atomic E-state index is 5.39. The van der Waals surface area contributed by atoms with Gasteiger partial charge < -0.3 is 15.4 Å². The van der Waals surface area contributed by atoms with Crippen molar-refractivity contribution in [3.05, 3.63) is 29.8 Å². The molecule has 0 saturated heterocycles. The first-order valence-corrected chi connectivity index (χ1v) is 6.78.